The second kappa shape index (κ2) is 7.40. The third kappa shape index (κ3) is 4.10. The number of rotatable bonds is 6. The summed E-state index contributed by atoms with van der Waals surface area (Å²) in [7, 11) is -1.12. The van der Waals surface area contributed by atoms with E-state index in [0.717, 1.165) is 17.5 Å². The second-order valence-corrected chi connectivity index (χ2v) is 9.44. The minimum atomic E-state index is -2.93. The number of aryl methyl sites for hydroxylation is 2. The number of hydrogen-bond donors (Lipinski definition) is 2. The Labute approximate surface area is 154 Å². The average Bonchev–Trinajstić information content (AvgIpc) is 3.12. The van der Waals surface area contributed by atoms with Crippen molar-refractivity contribution in [1.82, 2.24) is 15.2 Å². The maximum Gasteiger partial charge on any atom is 0.234 e. The molecule has 1 unspecified atom stereocenters. The highest BCUT2D eigenvalue weighted by atomic mass is 32.2. The molecule has 0 bridgehead atoms. The SMILES string of the molecule is CCc1[nH]c2ccc(CNC(=O)CN(C)C3CCS(=O)(=O)C3)cc2c1C. The van der Waals surface area contributed by atoms with E-state index in [9.17, 15) is 13.2 Å². The summed E-state index contributed by atoms with van der Waals surface area (Å²) < 4.78 is 23.1. The van der Waals surface area contributed by atoms with Crippen LogP contribution in [0.4, 0.5) is 0 Å². The fraction of sp³-hybridized carbons (Fsp3) is 0.526. The summed E-state index contributed by atoms with van der Waals surface area (Å²) >= 11 is 0. The minimum Gasteiger partial charge on any atom is -0.358 e. The Bertz CT molecular complexity index is 917. The van der Waals surface area contributed by atoms with E-state index in [0.29, 0.717) is 13.0 Å². The van der Waals surface area contributed by atoms with Crippen LogP contribution in [-0.4, -0.2) is 55.3 Å². The van der Waals surface area contributed by atoms with E-state index in [-0.39, 0.29) is 30.0 Å². The maximum atomic E-state index is 12.2. The zero-order chi connectivity index (χ0) is 18.9. The second-order valence-electron chi connectivity index (χ2n) is 7.21. The zero-order valence-electron chi connectivity index (χ0n) is 15.6. The summed E-state index contributed by atoms with van der Waals surface area (Å²) in [6.45, 7) is 4.93. The number of nitrogens with zero attached hydrogens (tertiary/aromatic N) is 1. The van der Waals surface area contributed by atoms with Crippen molar-refractivity contribution in [2.24, 2.45) is 0 Å². The molecule has 0 saturated carbocycles. The highest BCUT2D eigenvalue weighted by Crippen LogP contribution is 2.23. The molecule has 1 amide bonds. The van der Waals surface area contributed by atoms with Crippen LogP contribution in [0, 0.1) is 6.92 Å². The van der Waals surface area contributed by atoms with Gasteiger partial charge >= 0.3 is 0 Å². The van der Waals surface area contributed by atoms with E-state index >= 15 is 0 Å². The monoisotopic (exact) mass is 377 g/mol. The number of H-pyrrole nitrogens is 1. The molecule has 0 spiro atoms. The molecule has 7 heteroatoms. The first kappa shape index (κ1) is 18.9. The van der Waals surface area contributed by atoms with E-state index in [1.165, 1.54) is 16.6 Å². The van der Waals surface area contributed by atoms with Crippen molar-refractivity contribution in [2.75, 3.05) is 25.1 Å². The number of amides is 1. The molecule has 1 aliphatic rings. The molecule has 3 rings (SSSR count). The molecule has 1 aromatic heterocycles. The molecule has 1 aromatic carbocycles. The Kier molecular flexibility index (Phi) is 5.39. The van der Waals surface area contributed by atoms with Gasteiger partial charge in [-0.2, -0.15) is 0 Å². The van der Waals surface area contributed by atoms with Gasteiger partial charge in [0.2, 0.25) is 5.91 Å². The Morgan fingerprint density at radius 1 is 1.38 bits per heavy atom. The molecule has 6 nitrogen and oxygen atoms in total. The fourth-order valence-corrected chi connectivity index (χ4v) is 5.43. The normalized spacial score (nSPS) is 19.3. The van der Waals surface area contributed by atoms with Gasteiger partial charge < -0.3 is 10.3 Å². The molecule has 142 valence electrons. The number of fused-ring (bicyclic) bond motifs is 1. The van der Waals surface area contributed by atoms with Crippen molar-refractivity contribution in [3.05, 3.63) is 35.0 Å². The van der Waals surface area contributed by atoms with Gasteiger partial charge in [-0.3, -0.25) is 9.69 Å². The van der Waals surface area contributed by atoms with Crippen LogP contribution >= 0.6 is 0 Å². The summed E-state index contributed by atoms with van der Waals surface area (Å²) in [5.41, 5.74) is 4.69. The topological polar surface area (TPSA) is 82.3 Å². The van der Waals surface area contributed by atoms with Gasteiger partial charge in [0.25, 0.3) is 0 Å². The standard InChI is InChI=1S/C19H27N3O3S/c1-4-17-13(2)16-9-14(5-6-18(16)21-17)10-20-19(23)11-22(3)15-7-8-26(24,25)12-15/h5-6,9,15,21H,4,7-8,10-12H2,1-3H3,(H,20,23). The van der Waals surface area contributed by atoms with E-state index in [4.69, 9.17) is 0 Å². The van der Waals surface area contributed by atoms with Crippen molar-refractivity contribution >= 4 is 26.6 Å². The first-order valence-corrected chi connectivity index (χ1v) is 10.9. The predicted molar refractivity (Wildman–Crippen MR) is 104 cm³/mol. The number of carbonyl (C=O) groups excluding carboxylic acids is 1. The molecule has 1 aliphatic heterocycles. The van der Waals surface area contributed by atoms with Crippen molar-refractivity contribution in [1.29, 1.82) is 0 Å². The summed E-state index contributed by atoms with van der Waals surface area (Å²) in [4.78, 5) is 17.5. The van der Waals surface area contributed by atoms with Gasteiger partial charge in [0.05, 0.1) is 18.1 Å². The minimum absolute atomic E-state index is 0.0583. The molecule has 26 heavy (non-hydrogen) atoms. The summed E-state index contributed by atoms with van der Waals surface area (Å²) in [6.07, 6.45) is 1.57. The zero-order valence-corrected chi connectivity index (χ0v) is 16.4. The van der Waals surface area contributed by atoms with Crippen LogP contribution in [0.3, 0.4) is 0 Å². The third-order valence-electron chi connectivity index (χ3n) is 5.29. The summed E-state index contributed by atoms with van der Waals surface area (Å²) in [6, 6.07) is 6.13. The first-order valence-electron chi connectivity index (χ1n) is 9.06. The molecule has 2 N–H and O–H groups in total. The molecule has 2 aromatic rings. The van der Waals surface area contributed by atoms with Crippen LogP contribution in [-0.2, 0) is 27.6 Å². The van der Waals surface area contributed by atoms with Gasteiger partial charge in [0.15, 0.2) is 9.84 Å². The van der Waals surface area contributed by atoms with Gasteiger partial charge in [-0.25, -0.2) is 8.42 Å². The fourth-order valence-electron chi connectivity index (χ4n) is 3.63. The number of nitrogens with one attached hydrogen (secondary N) is 2. The highest BCUT2D eigenvalue weighted by molar-refractivity contribution is 7.91. The molecule has 1 saturated heterocycles. The molecule has 2 heterocycles. The Balaban J connectivity index is 1.57. The van der Waals surface area contributed by atoms with Gasteiger partial charge in [0, 0.05) is 29.2 Å². The Morgan fingerprint density at radius 2 is 2.15 bits per heavy atom. The number of aromatic nitrogens is 1. The number of hydrogen-bond acceptors (Lipinski definition) is 4. The van der Waals surface area contributed by atoms with Gasteiger partial charge in [-0.15, -0.1) is 0 Å². The molecule has 1 fully saturated rings. The lowest BCUT2D eigenvalue weighted by atomic mass is 10.1. The summed E-state index contributed by atoms with van der Waals surface area (Å²) in [5.74, 6) is 0.288. The van der Waals surface area contributed by atoms with Crippen LogP contribution in [0.2, 0.25) is 0 Å². The lowest BCUT2D eigenvalue weighted by Crippen LogP contribution is -2.41. The summed E-state index contributed by atoms with van der Waals surface area (Å²) in [5, 5.41) is 4.13. The quantitative estimate of drug-likeness (QED) is 0.804. The van der Waals surface area contributed by atoms with Crippen molar-refractivity contribution in [3.8, 4) is 0 Å². The van der Waals surface area contributed by atoms with Crippen LogP contribution in [0.15, 0.2) is 18.2 Å². The van der Waals surface area contributed by atoms with Crippen LogP contribution in [0.25, 0.3) is 10.9 Å². The first-order chi connectivity index (χ1) is 12.3. The Morgan fingerprint density at radius 3 is 2.81 bits per heavy atom. The van der Waals surface area contributed by atoms with Crippen molar-refractivity contribution in [2.45, 2.75) is 39.3 Å². The van der Waals surface area contributed by atoms with Crippen molar-refractivity contribution in [3.63, 3.8) is 0 Å². The third-order valence-corrected chi connectivity index (χ3v) is 7.04. The van der Waals surface area contributed by atoms with E-state index < -0.39 is 9.84 Å². The van der Waals surface area contributed by atoms with Gasteiger partial charge in [0.1, 0.15) is 0 Å². The van der Waals surface area contributed by atoms with E-state index in [1.807, 2.05) is 18.0 Å². The van der Waals surface area contributed by atoms with Gasteiger partial charge in [-0.1, -0.05) is 13.0 Å². The van der Waals surface area contributed by atoms with E-state index in [2.05, 4.69) is 36.3 Å². The molecular formula is C19H27N3O3S. The number of likely N-dealkylation sites (N-methyl/N-ethyl adjacent to an activating group) is 1. The van der Waals surface area contributed by atoms with Crippen LogP contribution < -0.4 is 5.32 Å². The number of aromatic amines is 1. The Hall–Kier alpha value is -1.86. The van der Waals surface area contributed by atoms with Crippen LogP contribution in [0.1, 0.15) is 30.2 Å². The lowest BCUT2D eigenvalue weighted by molar-refractivity contribution is -0.122. The largest absolute Gasteiger partial charge is 0.358 e. The predicted octanol–water partition coefficient (Wildman–Crippen LogP) is 1.77. The average molecular weight is 378 g/mol. The molecule has 0 radical (unpaired) electrons. The van der Waals surface area contributed by atoms with E-state index in [1.54, 1.807) is 0 Å². The molecular weight excluding hydrogens is 350 g/mol. The highest BCUT2D eigenvalue weighted by Gasteiger charge is 2.31. The number of benzene rings is 1. The maximum absolute atomic E-state index is 12.2. The molecule has 0 aliphatic carbocycles. The van der Waals surface area contributed by atoms with Gasteiger partial charge in [-0.05, 0) is 50.1 Å². The smallest absolute Gasteiger partial charge is 0.234 e. The molecule has 1 atom stereocenters. The van der Waals surface area contributed by atoms with Crippen molar-refractivity contribution < 1.29 is 13.2 Å². The number of carbonyl (C=O) groups is 1. The lowest BCUT2D eigenvalue weighted by Gasteiger charge is -2.22. The number of sulfone groups is 1. The van der Waals surface area contributed by atoms with Crippen LogP contribution in [0.5, 0.6) is 0 Å².